The van der Waals surface area contributed by atoms with Gasteiger partial charge in [-0.2, -0.15) is 4.98 Å². The van der Waals surface area contributed by atoms with Crippen molar-refractivity contribution in [3.8, 4) is 11.6 Å². The van der Waals surface area contributed by atoms with E-state index in [9.17, 15) is 9.90 Å². The zero-order valence-corrected chi connectivity index (χ0v) is 16.6. The molecule has 1 saturated heterocycles. The van der Waals surface area contributed by atoms with Crippen LogP contribution in [-0.2, 0) is 16.8 Å². The Morgan fingerprint density at radius 2 is 1.93 bits per heavy atom. The van der Waals surface area contributed by atoms with E-state index in [2.05, 4.69) is 4.98 Å². The molecule has 0 bridgehead atoms. The van der Waals surface area contributed by atoms with E-state index in [4.69, 9.17) is 13.9 Å². The van der Waals surface area contributed by atoms with Crippen LogP contribution >= 0.6 is 0 Å². The van der Waals surface area contributed by atoms with Gasteiger partial charge in [0.25, 0.3) is 5.88 Å². The lowest BCUT2D eigenvalue weighted by atomic mass is 9.84. The minimum Gasteiger partial charge on any atom is -0.497 e. The van der Waals surface area contributed by atoms with Crippen LogP contribution in [0.1, 0.15) is 40.1 Å². The van der Waals surface area contributed by atoms with Crippen molar-refractivity contribution in [2.45, 2.75) is 24.9 Å². The molecule has 0 radical (unpaired) electrons. The second-order valence-corrected chi connectivity index (χ2v) is 7.69. The number of carbonyl (C=O) groups excluding carboxylic acids is 1. The predicted molar refractivity (Wildman–Crippen MR) is 109 cm³/mol. The lowest BCUT2D eigenvalue weighted by molar-refractivity contribution is -0.0214. The summed E-state index contributed by atoms with van der Waals surface area (Å²) in [5.41, 5.74) is 1.89. The van der Waals surface area contributed by atoms with E-state index in [1.54, 1.807) is 13.2 Å². The fraction of sp³-hybridized carbons (Fsp3) is 0.304. The number of oxazole rings is 1. The van der Waals surface area contributed by atoms with E-state index in [0.29, 0.717) is 55.4 Å². The number of piperidine rings is 1. The van der Waals surface area contributed by atoms with Gasteiger partial charge in [0.2, 0.25) is 0 Å². The number of hydrogen-bond acceptors (Lipinski definition) is 7. The number of rotatable bonds is 4. The van der Waals surface area contributed by atoms with E-state index in [1.807, 2.05) is 47.4 Å². The molecule has 3 heterocycles. The minimum atomic E-state index is -0.628. The zero-order chi connectivity index (χ0) is 20.7. The molecule has 7 heteroatoms. The molecule has 1 spiro atoms. The number of esters is 1. The average Bonchev–Trinajstić information content (AvgIpc) is 3.26. The monoisotopic (exact) mass is 406 g/mol. The van der Waals surface area contributed by atoms with Crippen molar-refractivity contribution in [3.63, 3.8) is 0 Å². The number of methoxy groups -OCH3 is 1. The van der Waals surface area contributed by atoms with Crippen LogP contribution in [0.3, 0.4) is 0 Å². The molecule has 2 aliphatic heterocycles. The van der Waals surface area contributed by atoms with Crippen LogP contribution in [-0.4, -0.2) is 36.3 Å². The molecule has 2 aliphatic rings. The molecule has 5 rings (SSSR count). The number of hydrogen-bond donors (Lipinski definition) is 1. The number of ether oxygens (including phenoxy) is 2. The van der Waals surface area contributed by atoms with Crippen LogP contribution in [0.5, 0.6) is 11.6 Å². The fourth-order valence-corrected chi connectivity index (χ4v) is 4.30. The number of carbonyl (C=O) groups is 1. The lowest BCUT2D eigenvalue weighted by Crippen LogP contribution is -2.43. The number of fused-ring (bicyclic) bond motifs is 2. The highest BCUT2D eigenvalue weighted by atomic mass is 16.6. The molecule has 0 atom stereocenters. The first-order valence-electron chi connectivity index (χ1n) is 9.97. The van der Waals surface area contributed by atoms with Gasteiger partial charge in [-0.3, -0.25) is 0 Å². The van der Waals surface area contributed by atoms with Gasteiger partial charge in [0.05, 0.1) is 12.7 Å². The smallest absolute Gasteiger partial charge is 0.339 e. The summed E-state index contributed by atoms with van der Waals surface area (Å²) >= 11 is 0. The maximum atomic E-state index is 12.4. The molecule has 0 amide bonds. The first kappa shape index (κ1) is 18.5. The Morgan fingerprint density at radius 3 is 2.67 bits per heavy atom. The molecule has 0 unspecified atom stereocenters. The van der Waals surface area contributed by atoms with Crippen molar-refractivity contribution >= 4 is 12.0 Å². The summed E-state index contributed by atoms with van der Waals surface area (Å²) in [6, 6.07) is 15.7. The van der Waals surface area contributed by atoms with Crippen LogP contribution in [0.4, 0.5) is 6.01 Å². The molecular formula is C23H22N2O5. The van der Waals surface area contributed by atoms with E-state index in [-0.39, 0.29) is 11.8 Å². The van der Waals surface area contributed by atoms with Crippen molar-refractivity contribution in [3.05, 3.63) is 71.0 Å². The van der Waals surface area contributed by atoms with E-state index >= 15 is 0 Å². The summed E-state index contributed by atoms with van der Waals surface area (Å²) in [5.74, 6) is 0.692. The molecule has 0 aliphatic carbocycles. The Hall–Kier alpha value is -3.48. The van der Waals surface area contributed by atoms with Gasteiger partial charge in [0, 0.05) is 37.9 Å². The predicted octanol–water partition coefficient (Wildman–Crippen LogP) is 3.65. The zero-order valence-electron chi connectivity index (χ0n) is 16.6. The van der Waals surface area contributed by atoms with Crippen LogP contribution in [0.2, 0.25) is 0 Å². The van der Waals surface area contributed by atoms with Crippen LogP contribution in [0.15, 0.2) is 52.9 Å². The third-order valence-electron chi connectivity index (χ3n) is 5.94. The van der Waals surface area contributed by atoms with Gasteiger partial charge in [-0.1, -0.05) is 36.4 Å². The quantitative estimate of drug-likeness (QED) is 0.662. The number of nitrogens with zero attached hydrogens (tertiary/aromatic N) is 2. The Labute approximate surface area is 173 Å². The molecule has 7 nitrogen and oxygen atoms in total. The largest absolute Gasteiger partial charge is 0.497 e. The maximum Gasteiger partial charge on any atom is 0.339 e. The Bertz CT molecular complexity index is 1080. The summed E-state index contributed by atoms with van der Waals surface area (Å²) in [4.78, 5) is 18.6. The summed E-state index contributed by atoms with van der Waals surface area (Å²) < 4.78 is 16.9. The molecule has 1 aromatic heterocycles. The Morgan fingerprint density at radius 1 is 1.17 bits per heavy atom. The standard InChI is InChI=1S/C23H22N2O5/c1-28-16-7-8-18-17(14-16)21(27)30-23(18)9-11-25(12-10-23)22-24-20(26)19(29-22)13-15-5-3-2-4-6-15/h2-8,14,26H,9-13H2,1H3. The number of benzene rings is 2. The molecule has 0 saturated carbocycles. The molecule has 2 aromatic carbocycles. The molecule has 3 aromatic rings. The van der Waals surface area contributed by atoms with Gasteiger partial charge in [-0.15, -0.1) is 0 Å². The summed E-state index contributed by atoms with van der Waals surface area (Å²) in [7, 11) is 1.58. The minimum absolute atomic E-state index is 0.0844. The van der Waals surface area contributed by atoms with E-state index in [1.165, 1.54) is 0 Å². The molecule has 154 valence electrons. The summed E-state index contributed by atoms with van der Waals surface area (Å²) in [5, 5.41) is 10.2. The molecular weight excluding hydrogens is 384 g/mol. The van der Waals surface area contributed by atoms with Crippen molar-refractivity contribution in [2.24, 2.45) is 0 Å². The van der Waals surface area contributed by atoms with Gasteiger partial charge in [0.15, 0.2) is 5.76 Å². The van der Waals surface area contributed by atoms with Gasteiger partial charge in [-0.25, -0.2) is 4.79 Å². The summed E-state index contributed by atoms with van der Waals surface area (Å²) in [6.07, 6.45) is 1.72. The van der Waals surface area contributed by atoms with Crippen LogP contribution in [0.25, 0.3) is 0 Å². The fourth-order valence-electron chi connectivity index (χ4n) is 4.30. The Kier molecular flexibility index (Phi) is 4.38. The SMILES string of the molecule is COc1ccc2c(c1)C(=O)OC21CCN(c2nc(O)c(Cc3ccccc3)o2)CC1. The van der Waals surface area contributed by atoms with Crippen LogP contribution < -0.4 is 9.64 Å². The second-order valence-electron chi connectivity index (χ2n) is 7.69. The highest BCUT2D eigenvalue weighted by Crippen LogP contribution is 2.45. The van der Waals surface area contributed by atoms with Gasteiger partial charge < -0.3 is 23.9 Å². The van der Waals surface area contributed by atoms with Crippen molar-refractivity contribution in [1.82, 2.24) is 4.98 Å². The summed E-state index contributed by atoms with van der Waals surface area (Å²) in [6.45, 7) is 1.20. The maximum absolute atomic E-state index is 12.4. The van der Waals surface area contributed by atoms with Crippen molar-refractivity contribution < 1.29 is 23.8 Å². The first-order valence-corrected chi connectivity index (χ1v) is 9.97. The molecule has 1 N–H and O–H groups in total. The number of aromatic nitrogens is 1. The molecule has 1 fully saturated rings. The van der Waals surface area contributed by atoms with Gasteiger partial charge in [-0.05, 0) is 17.7 Å². The Balaban J connectivity index is 1.33. The third-order valence-corrected chi connectivity index (χ3v) is 5.94. The third kappa shape index (κ3) is 3.07. The van der Waals surface area contributed by atoms with Crippen LogP contribution in [0, 0.1) is 0 Å². The highest BCUT2D eigenvalue weighted by molar-refractivity contribution is 5.95. The lowest BCUT2D eigenvalue weighted by Gasteiger charge is -2.37. The highest BCUT2D eigenvalue weighted by Gasteiger charge is 2.48. The molecule has 30 heavy (non-hydrogen) atoms. The second kappa shape index (κ2) is 7.09. The van der Waals surface area contributed by atoms with Crippen molar-refractivity contribution in [2.75, 3.05) is 25.1 Å². The normalized spacial score (nSPS) is 17.1. The van der Waals surface area contributed by atoms with E-state index in [0.717, 1.165) is 11.1 Å². The first-order chi connectivity index (χ1) is 14.6. The number of anilines is 1. The average molecular weight is 406 g/mol. The van der Waals surface area contributed by atoms with Gasteiger partial charge in [0.1, 0.15) is 11.4 Å². The van der Waals surface area contributed by atoms with Crippen molar-refractivity contribution in [1.29, 1.82) is 0 Å². The van der Waals surface area contributed by atoms with E-state index < -0.39 is 5.60 Å². The topological polar surface area (TPSA) is 85.0 Å². The number of aromatic hydroxyl groups is 1. The van der Waals surface area contributed by atoms with Gasteiger partial charge >= 0.3 is 12.0 Å².